The molecule has 29 nitrogen and oxygen atoms in total. The molecule has 12 atom stereocenters. The molecule has 6 unspecified atom stereocenters. The smallest absolute Gasteiger partial charge is 0.387 e. The van der Waals surface area contributed by atoms with E-state index in [1.807, 2.05) is 4.98 Å². The quantitative estimate of drug-likeness (QED) is 0.0723. The van der Waals surface area contributed by atoms with Crippen LogP contribution >= 0.6 is 71.4 Å². The van der Waals surface area contributed by atoms with Crippen LogP contribution in [0.5, 0.6) is 0 Å². The number of nitrogens with two attached hydrogens (primary N) is 1. The summed E-state index contributed by atoms with van der Waals surface area (Å²) in [4.78, 5) is 76.6. The molecule has 0 radical (unpaired) electrons. The molecule has 2 fully saturated rings. The summed E-state index contributed by atoms with van der Waals surface area (Å²) < 4.78 is 206. The fourth-order valence-electron chi connectivity index (χ4n) is 4.89. The highest BCUT2D eigenvalue weighted by Crippen LogP contribution is 2.68. The van der Waals surface area contributed by atoms with Crippen LogP contribution in [-0.4, -0.2) is 113 Å². The lowest BCUT2D eigenvalue weighted by atomic mass is 10.0. The van der Waals surface area contributed by atoms with Crippen molar-refractivity contribution < 1.29 is 148 Å². The summed E-state index contributed by atoms with van der Waals surface area (Å²) in [6, 6.07) is 0. The van der Waals surface area contributed by atoms with Gasteiger partial charge in [-0.3, -0.25) is 13.6 Å². The van der Waals surface area contributed by atoms with Gasteiger partial charge in [0.05, 0.1) is 0 Å². The number of aliphatic hydroxyl groups is 2. The number of hydrogen-bond donors (Lipinski definition) is 12. The fraction of sp³-hybridized carbons (Fsp3) is 0.526. The van der Waals surface area contributed by atoms with Gasteiger partial charge in [-0.25, -0.2) is 41.2 Å². The average Bonchev–Trinajstić information content (AvgIpc) is 3.52. The highest BCUT2D eigenvalue weighted by Gasteiger charge is 2.62. The Morgan fingerprint density at radius 3 is 1.50 bits per heavy atom. The van der Waals surface area contributed by atoms with Crippen molar-refractivity contribution >= 4 is 77.2 Å². The Morgan fingerprint density at radius 1 is 0.719 bits per heavy atom. The molecule has 64 heavy (non-hydrogen) atoms. The lowest BCUT2D eigenvalue weighted by Crippen LogP contribution is -2.46. The Balaban J connectivity index is 0.000000340. The minimum Gasteiger partial charge on any atom is -0.387 e. The third kappa shape index (κ3) is 15.7. The number of ether oxygens (including phenoxy) is 2. The van der Waals surface area contributed by atoms with Gasteiger partial charge in [-0.15, -0.1) is 0 Å². The predicted molar refractivity (Wildman–Crippen MR) is 186 cm³/mol. The third-order valence-electron chi connectivity index (χ3n) is 7.03. The van der Waals surface area contributed by atoms with Gasteiger partial charge in [0.15, 0.2) is 47.3 Å². The van der Waals surface area contributed by atoms with Crippen molar-refractivity contribution in [2.24, 2.45) is 22.6 Å². The molecule has 3 aliphatic heterocycles. The van der Waals surface area contributed by atoms with Crippen molar-refractivity contribution in [2.75, 3.05) is 0 Å². The molecule has 368 valence electrons. The molecule has 0 saturated carbocycles. The van der Waals surface area contributed by atoms with Gasteiger partial charge in [-0.1, -0.05) is 18.8 Å². The molecule has 45 heteroatoms. The first-order valence-corrected chi connectivity index (χ1v) is 25.0. The van der Waals surface area contributed by atoms with E-state index in [4.69, 9.17) is 56.8 Å². The van der Waals surface area contributed by atoms with E-state index in [0.717, 1.165) is 0 Å². The van der Waals surface area contributed by atoms with Gasteiger partial charge in [-0.2, -0.15) is 43.6 Å². The summed E-state index contributed by atoms with van der Waals surface area (Å²) >= 11 is 9.27. The molecule has 1 aromatic heterocycles. The van der Waals surface area contributed by atoms with Crippen LogP contribution in [0.4, 0.5) is 35.1 Å². The van der Waals surface area contributed by atoms with Gasteiger partial charge >= 0.3 is 59.3 Å². The number of nitrogens with zero attached hydrogens (tertiary/aromatic N) is 3. The minimum atomic E-state index is -6.00. The second kappa shape index (κ2) is 19.8. The molecule has 0 spiro atoms. The van der Waals surface area contributed by atoms with Crippen LogP contribution < -0.4 is 5.73 Å². The second-order valence-electron chi connectivity index (χ2n) is 11.7. The van der Waals surface area contributed by atoms with Crippen LogP contribution in [-0.2, 0) is 63.2 Å². The third-order valence-corrected chi connectivity index (χ3v) is 15.2. The maximum atomic E-state index is 13.7. The standard InChI is InChI=1S/C10H14F4N3O12P3.C9H11F4N2O12P3S2/c1-3-16-7(15)4(11)2-17(3)8-5(10(12,13)14)6(18)9(26-8)27-31(22,23)29-32(24,25)28-30(19,20)21;10-2-1-15(8(32)14-5(2)31)6-3(9(11,12)13)4(16)7(24-6)25-29(20,21)27-30(22,23)26-28(17,18)19/h2,5-6,8-9,18H,1H2,(H2,15,16)(H,22,23)(H,24,25)(H2,19,20,21);1,3-4,6-7,16H,(H,20,21)(H,22,23)(H,14,31,32)(H2,17,18,19)/t5?,6-,8-,9-;3?,4-,6-,7-/m11/s1. The summed E-state index contributed by atoms with van der Waals surface area (Å²) in [7, 11) is -35.4. The zero-order chi connectivity index (χ0) is 49.7. The molecule has 4 rings (SSSR count). The van der Waals surface area contributed by atoms with Crippen LogP contribution in [0, 0.1) is 27.1 Å². The normalized spacial score (nSPS) is 29.7. The van der Waals surface area contributed by atoms with E-state index in [9.17, 15) is 82.5 Å². The van der Waals surface area contributed by atoms with E-state index >= 15 is 0 Å². The number of aromatic amines is 1. The molecule has 0 aliphatic carbocycles. The molecule has 0 amide bonds. The van der Waals surface area contributed by atoms with Crippen molar-refractivity contribution in [3.63, 3.8) is 0 Å². The minimum absolute atomic E-state index is 0.336. The number of aromatic nitrogens is 2. The van der Waals surface area contributed by atoms with Crippen molar-refractivity contribution in [1.82, 2.24) is 14.5 Å². The topological polar surface area (TPSA) is 441 Å². The van der Waals surface area contributed by atoms with E-state index < -0.39 is 141 Å². The number of rotatable bonds is 14. The number of amidine groups is 1. The fourth-order valence-corrected chi connectivity index (χ4v) is 11.6. The summed E-state index contributed by atoms with van der Waals surface area (Å²) in [5.41, 5.74) is 5.17. The molecule has 2 saturated heterocycles. The molecular formula is C19H25F8N5O24P6S2. The maximum Gasteiger partial charge on any atom is 0.490 e. The molecule has 3 aliphatic rings. The van der Waals surface area contributed by atoms with Gasteiger partial charge in [0.2, 0.25) is 0 Å². The van der Waals surface area contributed by atoms with E-state index in [-0.39, 0.29) is 0 Å². The van der Waals surface area contributed by atoms with Gasteiger partial charge in [0, 0.05) is 12.4 Å². The van der Waals surface area contributed by atoms with Crippen LogP contribution in [0.25, 0.3) is 0 Å². The largest absolute Gasteiger partial charge is 0.490 e. The van der Waals surface area contributed by atoms with E-state index in [0.29, 0.717) is 21.9 Å². The Labute approximate surface area is 356 Å². The van der Waals surface area contributed by atoms with E-state index in [2.05, 4.69) is 50.1 Å². The van der Waals surface area contributed by atoms with Crippen molar-refractivity contribution in [1.29, 1.82) is 0 Å². The summed E-state index contributed by atoms with van der Waals surface area (Å²) in [6.07, 6.45) is -25.6. The number of H-pyrrole nitrogens is 1. The Bertz CT molecular complexity index is 2450. The number of aliphatic imine (C=N–C) groups is 1. The highest BCUT2D eigenvalue weighted by atomic mass is 32.1. The SMILES string of the molecule is C=C1N=C(N)C(F)=CN1[C@@H]1O[C@H](OP(=O)(O)OP(=O)(O)OP(=O)(O)O)[C@H](O)C1C(F)(F)F.O=P(O)(O)OP(=O)(O)OP(=O)(O)O[C@H]1O[C@@H](n2cc(F)c(=S)[nH]c2=S)C(C(F)(F)F)[C@H]1O. The van der Waals surface area contributed by atoms with Crippen LogP contribution in [0.1, 0.15) is 6.23 Å². The summed E-state index contributed by atoms with van der Waals surface area (Å²) in [5.74, 6) is -9.78. The number of aliphatic hydroxyl groups excluding tert-OH is 2. The van der Waals surface area contributed by atoms with Gasteiger partial charge in [0.1, 0.15) is 34.5 Å². The molecule has 0 aromatic carbocycles. The van der Waals surface area contributed by atoms with Crippen molar-refractivity contribution in [3.05, 3.63) is 45.9 Å². The number of alkyl halides is 6. The molecular weight excluding hydrogens is 1080 g/mol. The molecule has 13 N–H and O–H groups in total. The number of halogens is 8. The van der Waals surface area contributed by atoms with E-state index in [1.54, 1.807) is 0 Å². The average molecular weight is 1110 g/mol. The monoisotopic (exact) mass is 1110 g/mol. The molecule has 0 bridgehead atoms. The number of phosphoric ester groups is 2. The number of hydrogen-bond acceptors (Lipinski definition) is 21. The molecule has 4 heterocycles. The Kier molecular flexibility index (Phi) is 17.5. The van der Waals surface area contributed by atoms with Crippen molar-refractivity contribution in [2.45, 2.75) is 49.6 Å². The predicted octanol–water partition coefficient (Wildman–Crippen LogP) is 2.66. The first-order chi connectivity index (χ1) is 28.4. The van der Waals surface area contributed by atoms with Crippen LogP contribution in [0.2, 0.25) is 0 Å². The summed E-state index contributed by atoms with van der Waals surface area (Å²) in [5, 5.41) is 19.9. The first kappa shape index (κ1) is 56.7. The van der Waals surface area contributed by atoms with E-state index in [1.165, 1.54) is 0 Å². The lowest BCUT2D eigenvalue weighted by molar-refractivity contribution is -0.214. The van der Waals surface area contributed by atoms with Gasteiger partial charge < -0.3 is 74.5 Å². The lowest BCUT2D eigenvalue weighted by Gasteiger charge is -2.33. The Morgan fingerprint density at radius 2 is 1.11 bits per heavy atom. The highest BCUT2D eigenvalue weighted by molar-refractivity contribution is 7.72. The number of phosphoric acid groups is 6. The zero-order valence-electron chi connectivity index (χ0n) is 29.6. The second-order valence-corrected chi connectivity index (χ2v) is 21.3. The summed E-state index contributed by atoms with van der Waals surface area (Å²) in [6.45, 7) is 3.24. The number of nitrogens with one attached hydrogen (secondary N) is 1. The molecule has 1 aromatic rings. The first-order valence-electron chi connectivity index (χ1n) is 15.1. The van der Waals surface area contributed by atoms with Gasteiger partial charge in [0.25, 0.3) is 0 Å². The van der Waals surface area contributed by atoms with Crippen LogP contribution in [0.3, 0.4) is 0 Å². The maximum absolute atomic E-state index is 13.7. The Hall–Kier alpha value is -1.63. The van der Waals surface area contributed by atoms with Crippen LogP contribution in [0.15, 0.2) is 35.6 Å². The van der Waals surface area contributed by atoms with Gasteiger partial charge in [-0.05, 0) is 12.2 Å². The van der Waals surface area contributed by atoms with Crippen molar-refractivity contribution in [3.8, 4) is 0 Å². The zero-order valence-corrected chi connectivity index (χ0v) is 36.6.